The number of hydrogen-bond donors (Lipinski definition) is 1. The van der Waals surface area contributed by atoms with Crippen LogP contribution in [-0.4, -0.2) is 11.5 Å². The standard InChI is InChI=1S/C15H15ClF2N2O/c1-2-5-19-8-10-6-12(18)9-20-15(10)21-14-4-3-11(17)7-13(14)16/h3-4,6-7,9,19H,2,5,8H2,1H3. The molecule has 0 saturated carbocycles. The molecule has 0 unspecified atom stereocenters. The molecule has 0 radical (unpaired) electrons. The van der Waals surface area contributed by atoms with E-state index in [9.17, 15) is 8.78 Å². The minimum atomic E-state index is -0.454. The molecular weight excluding hydrogens is 298 g/mol. The molecule has 0 fully saturated rings. The van der Waals surface area contributed by atoms with Gasteiger partial charge in [-0.3, -0.25) is 0 Å². The summed E-state index contributed by atoms with van der Waals surface area (Å²) in [6.45, 7) is 3.26. The molecule has 0 aliphatic carbocycles. The van der Waals surface area contributed by atoms with Crippen molar-refractivity contribution in [1.29, 1.82) is 0 Å². The molecule has 1 heterocycles. The number of nitrogens with zero attached hydrogens (tertiary/aromatic N) is 1. The lowest BCUT2D eigenvalue weighted by atomic mass is 10.2. The van der Waals surface area contributed by atoms with E-state index in [0.717, 1.165) is 25.2 Å². The van der Waals surface area contributed by atoms with Crippen molar-refractivity contribution in [2.45, 2.75) is 19.9 Å². The zero-order chi connectivity index (χ0) is 15.2. The molecule has 0 saturated heterocycles. The maximum absolute atomic E-state index is 13.3. The minimum Gasteiger partial charge on any atom is -0.437 e. The lowest BCUT2D eigenvalue weighted by Gasteiger charge is -2.11. The first-order valence-corrected chi connectivity index (χ1v) is 6.96. The SMILES string of the molecule is CCCNCc1cc(F)cnc1Oc1ccc(F)cc1Cl. The monoisotopic (exact) mass is 312 g/mol. The van der Waals surface area contributed by atoms with Gasteiger partial charge in [0, 0.05) is 12.1 Å². The molecule has 0 atom stereocenters. The summed E-state index contributed by atoms with van der Waals surface area (Å²) in [6.07, 6.45) is 2.03. The third kappa shape index (κ3) is 4.37. The van der Waals surface area contributed by atoms with Crippen LogP contribution in [0.2, 0.25) is 5.02 Å². The molecule has 0 aliphatic rings. The Labute approximate surface area is 126 Å². The second-order valence-corrected chi connectivity index (χ2v) is 4.88. The van der Waals surface area contributed by atoms with Crippen LogP contribution in [0.3, 0.4) is 0 Å². The zero-order valence-corrected chi connectivity index (χ0v) is 12.3. The molecule has 1 aromatic carbocycles. The maximum Gasteiger partial charge on any atom is 0.223 e. The number of halogens is 3. The second kappa shape index (κ2) is 7.33. The van der Waals surface area contributed by atoms with E-state index in [1.165, 1.54) is 18.2 Å². The number of nitrogens with one attached hydrogen (secondary N) is 1. The number of pyridine rings is 1. The van der Waals surface area contributed by atoms with Crippen molar-refractivity contribution >= 4 is 11.6 Å². The van der Waals surface area contributed by atoms with Crippen molar-refractivity contribution in [3.63, 3.8) is 0 Å². The van der Waals surface area contributed by atoms with Gasteiger partial charge < -0.3 is 10.1 Å². The summed E-state index contributed by atoms with van der Waals surface area (Å²) in [5, 5.41) is 3.28. The normalized spacial score (nSPS) is 10.7. The highest BCUT2D eigenvalue weighted by Gasteiger charge is 2.11. The topological polar surface area (TPSA) is 34.2 Å². The lowest BCUT2D eigenvalue weighted by Crippen LogP contribution is -2.15. The van der Waals surface area contributed by atoms with Gasteiger partial charge in [-0.05, 0) is 37.2 Å². The Bertz CT molecular complexity index is 623. The molecule has 6 heteroatoms. The van der Waals surface area contributed by atoms with Gasteiger partial charge in [0.05, 0.1) is 11.2 Å². The Balaban J connectivity index is 2.22. The van der Waals surface area contributed by atoms with E-state index in [0.29, 0.717) is 12.1 Å². The quantitative estimate of drug-likeness (QED) is 0.807. The predicted octanol–water partition coefficient (Wildman–Crippen LogP) is 4.31. The summed E-state index contributed by atoms with van der Waals surface area (Å²) >= 11 is 5.91. The Hall–Kier alpha value is -1.72. The van der Waals surface area contributed by atoms with E-state index < -0.39 is 11.6 Å². The first-order valence-electron chi connectivity index (χ1n) is 6.58. The number of aromatic nitrogens is 1. The Morgan fingerprint density at radius 3 is 2.76 bits per heavy atom. The highest BCUT2D eigenvalue weighted by atomic mass is 35.5. The maximum atomic E-state index is 13.3. The Morgan fingerprint density at radius 2 is 2.05 bits per heavy atom. The van der Waals surface area contributed by atoms with Crippen LogP contribution < -0.4 is 10.1 Å². The van der Waals surface area contributed by atoms with Gasteiger partial charge in [-0.2, -0.15) is 0 Å². The molecule has 0 aliphatic heterocycles. The minimum absolute atomic E-state index is 0.133. The van der Waals surface area contributed by atoms with Gasteiger partial charge in [0.1, 0.15) is 17.4 Å². The molecule has 2 rings (SSSR count). The van der Waals surface area contributed by atoms with Crippen molar-refractivity contribution in [3.8, 4) is 11.6 Å². The number of hydrogen-bond acceptors (Lipinski definition) is 3. The predicted molar refractivity (Wildman–Crippen MR) is 77.7 cm³/mol. The van der Waals surface area contributed by atoms with Crippen molar-refractivity contribution < 1.29 is 13.5 Å². The van der Waals surface area contributed by atoms with Crippen LogP contribution in [0.25, 0.3) is 0 Å². The average Bonchev–Trinajstić information content (AvgIpc) is 2.44. The molecule has 21 heavy (non-hydrogen) atoms. The third-order valence-corrected chi connectivity index (χ3v) is 3.03. The van der Waals surface area contributed by atoms with Crippen LogP contribution in [-0.2, 0) is 6.54 Å². The molecule has 2 aromatic rings. The van der Waals surface area contributed by atoms with Gasteiger partial charge in [-0.15, -0.1) is 0 Å². The number of rotatable bonds is 6. The fourth-order valence-electron chi connectivity index (χ4n) is 1.75. The van der Waals surface area contributed by atoms with E-state index in [4.69, 9.17) is 16.3 Å². The van der Waals surface area contributed by atoms with E-state index >= 15 is 0 Å². The van der Waals surface area contributed by atoms with Crippen LogP contribution in [0.5, 0.6) is 11.6 Å². The van der Waals surface area contributed by atoms with E-state index in [1.807, 2.05) is 6.92 Å². The summed E-state index contributed by atoms with van der Waals surface area (Å²) < 4.78 is 31.9. The summed E-state index contributed by atoms with van der Waals surface area (Å²) in [7, 11) is 0. The molecular formula is C15H15ClF2N2O. The van der Waals surface area contributed by atoms with E-state index in [1.54, 1.807) is 0 Å². The van der Waals surface area contributed by atoms with Crippen LogP contribution in [0.1, 0.15) is 18.9 Å². The third-order valence-electron chi connectivity index (χ3n) is 2.73. The Morgan fingerprint density at radius 1 is 1.24 bits per heavy atom. The van der Waals surface area contributed by atoms with Crippen molar-refractivity contribution in [2.24, 2.45) is 0 Å². The van der Waals surface area contributed by atoms with Crippen molar-refractivity contribution in [3.05, 3.63) is 52.7 Å². The van der Waals surface area contributed by atoms with Crippen LogP contribution in [0.4, 0.5) is 8.78 Å². The van der Waals surface area contributed by atoms with Gasteiger partial charge in [-0.25, -0.2) is 13.8 Å². The second-order valence-electron chi connectivity index (χ2n) is 4.47. The fraction of sp³-hybridized carbons (Fsp3) is 0.267. The van der Waals surface area contributed by atoms with Crippen molar-refractivity contribution in [1.82, 2.24) is 10.3 Å². The van der Waals surface area contributed by atoms with Gasteiger partial charge in [-0.1, -0.05) is 18.5 Å². The van der Waals surface area contributed by atoms with Gasteiger partial charge in [0.2, 0.25) is 5.88 Å². The summed E-state index contributed by atoms with van der Waals surface area (Å²) in [5.41, 5.74) is 0.573. The number of benzene rings is 1. The number of ether oxygens (including phenoxy) is 1. The molecule has 1 N–H and O–H groups in total. The Kier molecular flexibility index (Phi) is 5.47. The van der Waals surface area contributed by atoms with Gasteiger partial charge >= 0.3 is 0 Å². The fourth-order valence-corrected chi connectivity index (χ4v) is 1.95. The highest BCUT2D eigenvalue weighted by molar-refractivity contribution is 6.32. The molecule has 3 nitrogen and oxygen atoms in total. The molecule has 0 bridgehead atoms. The molecule has 0 spiro atoms. The smallest absolute Gasteiger partial charge is 0.223 e. The highest BCUT2D eigenvalue weighted by Crippen LogP contribution is 2.30. The molecule has 1 aromatic heterocycles. The van der Waals surface area contributed by atoms with Gasteiger partial charge in [0.25, 0.3) is 0 Å². The first-order chi connectivity index (χ1) is 10.1. The largest absolute Gasteiger partial charge is 0.437 e. The van der Waals surface area contributed by atoms with Crippen molar-refractivity contribution in [2.75, 3.05) is 6.54 Å². The summed E-state index contributed by atoms with van der Waals surface area (Å²) in [6, 6.07) is 5.14. The van der Waals surface area contributed by atoms with Crippen LogP contribution in [0, 0.1) is 11.6 Å². The van der Waals surface area contributed by atoms with Crippen LogP contribution >= 0.6 is 11.6 Å². The summed E-state index contributed by atoms with van der Waals surface area (Å²) in [5.74, 6) is -0.382. The average molecular weight is 313 g/mol. The van der Waals surface area contributed by atoms with Crippen LogP contribution in [0.15, 0.2) is 30.5 Å². The lowest BCUT2D eigenvalue weighted by molar-refractivity contribution is 0.447. The molecule has 112 valence electrons. The zero-order valence-electron chi connectivity index (χ0n) is 11.5. The van der Waals surface area contributed by atoms with E-state index in [-0.39, 0.29) is 16.7 Å². The summed E-state index contributed by atoms with van der Waals surface area (Å²) in [4.78, 5) is 3.93. The van der Waals surface area contributed by atoms with Gasteiger partial charge in [0.15, 0.2) is 0 Å². The molecule has 0 amide bonds. The first kappa shape index (κ1) is 15.7. The van der Waals surface area contributed by atoms with E-state index in [2.05, 4.69) is 10.3 Å².